The number of carbonyl (C=O) groups is 1. The van der Waals surface area contributed by atoms with Crippen LogP contribution in [0, 0.1) is 6.92 Å². The van der Waals surface area contributed by atoms with Gasteiger partial charge in [-0.3, -0.25) is 4.79 Å². The lowest BCUT2D eigenvalue weighted by molar-refractivity contribution is -0.127. The molecule has 1 unspecified atom stereocenters. The monoisotopic (exact) mass is 458 g/mol. The number of amides is 1. The molecular weight excluding hydrogens is 436 g/mol. The van der Waals surface area contributed by atoms with E-state index in [1.165, 1.54) is 4.31 Å². The van der Waals surface area contributed by atoms with Gasteiger partial charge in [-0.25, -0.2) is 8.42 Å². The van der Waals surface area contributed by atoms with Crippen LogP contribution in [-0.2, 0) is 26.1 Å². The Morgan fingerprint density at radius 1 is 1.31 bits per heavy atom. The number of nitrogens with zero attached hydrogens (tertiary/aromatic N) is 1. The third-order valence-electron chi connectivity index (χ3n) is 4.40. The first-order chi connectivity index (χ1) is 13.8. The summed E-state index contributed by atoms with van der Waals surface area (Å²) in [7, 11) is -3.53. The van der Waals surface area contributed by atoms with E-state index < -0.39 is 16.1 Å². The van der Waals surface area contributed by atoms with Crippen molar-refractivity contribution in [1.82, 2.24) is 9.62 Å². The van der Waals surface area contributed by atoms with E-state index in [2.05, 4.69) is 5.32 Å². The second-order valence-electron chi connectivity index (χ2n) is 6.65. The lowest BCUT2D eigenvalue weighted by Crippen LogP contribution is -2.40. The number of aryl methyl sites for hydroxylation is 1. The summed E-state index contributed by atoms with van der Waals surface area (Å²) < 4.78 is 37.9. The number of hydrogen-bond acceptors (Lipinski definition) is 6. The van der Waals surface area contributed by atoms with Crippen LogP contribution in [0.25, 0.3) is 0 Å². The van der Waals surface area contributed by atoms with E-state index in [-0.39, 0.29) is 16.7 Å². The third-order valence-corrected chi connectivity index (χ3v) is 8.16. The number of morpholine rings is 1. The van der Waals surface area contributed by atoms with Gasteiger partial charge in [-0.2, -0.15) is 4.31 Å². The molecule has 158 valence electrons. The molecule has 2 heterocycles. The molecule has 1 amide bonds. The van der Waals surface area contributed by atoms with Crippen LogP contribution in [0.3, 0.4) is 0 Å². The van der Waals surface area contributed by atoms with Crippen molar-refractivity contribution in [3.8, 4) is 5.75 Å². The fourth-order valence-electron chi connectivity index (χ4n) is 2.77. The minimum absolute atomic E-state index is 0.220. The molecule has 0 spiro atoms. The fraction of sp³-hybridized carbons (Fsp3) is 0.421. The van der Waals surface area contributed by atoms with E-state index in [0.29, 0.717) is 37.1 Å². The molecule has 1 aromatic heterocycles. The number of hydrogen-bond donors (Lipinski definition) is 1. The summed E-state index contributed by atoms with van der Waals surface area (Å²) in [5.74, 6) is 0.137. The Morgan fingerprint density at radius 3 is 2.76 bits per heavy atom. The first-order valence-electron chi connectivity index (χ1n) is 9.14. The molecule has 7 nitrogen and oxygen atoms in total. The molecule has 3 rings (SSSR count). The minimum Gasteiger partial charge on any atom is -0.479 e. The summed E-state index contributed by atoms with van der Waals surface area (Å²) in [5.41, 5.74) is 0.976. The van der Waals surface area contributed by atoms with Crippen molar-refractivity contribution in [3.05, 3.63) is 45.8 Å². The predicted molar refractivity (Wildman–Crippen MR) is 112 cm³/mol. The molecule has 0 bridgehead atoms. The van der Waals surface area contributed by atoms with Gasteiger partial charge >= 0.3 is 0 Å². The van der Waals surface area contributed by atoms with Gasteiger partial charge in [0, 0.05) is 18.0 Å². The van der Waals surface area contributed by atoms with Crippen molar-refractivity contribution in [1.29, 1.82) is 0 Å². The summed E-state index contributed by atoms with van der Waals surface area (Å²) in [6, 6.07) is 8.64. The first kappa shape index (κ1) is 22.0. The summed E-state index contributed by atoms with van der Waals surface area (Å²) in [6.45, 7) is 5.26. The number of carbonyl (C=O) groups excluding carboxylic acids is 1. The van der Waals surface area contributed by atoms with Crippen LogP contribution >= 0.6 is 22.9 Å². The molecular formula is C19H23ClN2O5S2. The van der Waals surface area contributed by atoms with Crippen LogP contribution in [0.4, 0.5) is 0 Å². The molecule has 0 radical (unpaired) electrons. The third kappa shape index (κ3) is 5.49. The Hall–Kier alpha value is -1.65. The van der Waals surface area contributed by atoms with Gasteiger partial charge in [0.05, 0.1) is 24.8 Å². The normalized spacial score (nSPS) is 16.4. The molecule has 0 aliphatic carbocycles. The molecule has 1 aliphatic rings. The maximum atomic E-state index is 12.7. The summed E-state index contributed by atoms with van der Waals surface area (Å²) >= 11 is 7.25. The van der Waals surface area contributed by atoms with Gasteiger partial charge < -0.3 is 14.8 Å². The van der Waals surface area contributed by atoms with Gasteiger partial charge in [0.15, 0.2) is 6.10 Å². The molecule has 1 N–H and O–H groups in total. The van der Waals surface area contributed by atoms with Crippen molar-refractivity contribution < 1.29 is 22.7 Å². The van der Waals surface area contributed by atoms with E-state index in [9.17, 15) is 13.2 Å². The SMILES string of the molecule is Cc1ccc(Cl)c(OC(C)C(=O)NCc2ccc(S(=O)(=O)N3CCOCC3)s2)c1. The number of sulfonamides is 1. The van der Waals surface area contributed by atoms with E-state index in [4.69, 9.17) is 21.1 Å². The van der Waals surface area contributed by atoms with E-state index in [1.54, 1.807) is 31.2 Å². The van der Waals surface area contributed by atoms with Gasteiger partial charge in [0.1, 0.15) is 9.96 Å². The molecule has 1 fully saturated rings. The quantitative estimate of drug-likeness (QED) is 0.689. The average Bonchev–Trinajstić information content (AvgIpc) is 3.19. The van der Waals surface area contributed by atoms with E-state index in [1.807, 2.05) is 13.0 Å². The second kappa shape index (κ2) is 9.44. The smallest absolute Gasteiger partial charge is 0.261 e. The van der Waals surface area contributed by atoms with Crippen LogP contribution in [0.1, 0.15) is 17.4 Å². The highest BCUT2D eigenvalue weighted by Gasteiger charge is 2.27. The molecule has 29 heavy (non-hydrogen) atoms. The van der Waals surface area contributed by atoms with Crippen molar-refractivity contribution in [2.75, 3.05) is 26.3 Å². The first-order valence-corrected chi connectivity index (χ1v) is 11.8. The second-order valence-corrected chi connectivity index (χ2v) is 10.4. The van der Waals surface area contributed by atoms with Crippen LogP contribution in [0.2, 0.25) is 5.02 Å². The van der Waals surface area contributed by atoms with E-state index >= 15 is 0 Å². The van der Waals surface area contributed by atoms with E-state index in [0.717, 1.165) is 21.8 Å². The number of ether oxygens (including phenoxy) is 2. The van der Waals surface area contributed by atoms with Gasteiger partial charge in [0.25, 0.3) is 15.9 Å². The number of thiophene rings is 1. The Kier molecular flexibility index (Phi) is 7.18. The Bertz CT molecular complexity index is 971. The number of nitrogens with one attached hydrogen (secondary N) is 1. The van der Waals surface area contributed by atoms with Crippen molar-refractivity contribution in [3.63, 3.8) is 0 Å². The largest absolute Gasteiger partial charge is 0.479 e. The van der Waals surface area contributed by atoms with Gasteiger partial charge in [0.2, 0.25) is 0 Å². The zero-order chi connectivity index (χ0) is 21.0. The number of halogens is 1. The predicted octanol–water partition coefficient (Wildman–Crippen LogP) is 2.81. The van der Waals surface area contributed by atoms with Gasteiger partial charge in [-0.15, -0.1) is 11.3 Å². The maximum absolute atomic E-state index is 12.7. The van der Waals surface area contributed by atoms with Crippen LogP contribution in [-0.4, -0.2) is 51.0 Å². The Morgan fingerprint density at radius 2 is 2.03 bits per heavy atom. The van der Waals surface area contributed by atoms with Crippen molar-refractivity contribution >= 4 is 38.9 Å². The lowest BCUT2D eigenvalue weighted by Gasteiger charge is -2.25. The summed E-state index contributed by atoms with van der Waals surface area (Å²) in [6.07, 6.45) is -0.745. The number of benzene rings is 1. The van der Waals surface area contributed by atoms with Crippen LogP contribution in [0.5, 0.6) is 5.75 Å². The topological polar surface area (TPSA) is 84.9 Å². The highest BCUT2D eigenvalue weighted by atomic mass is 35.5. The maximum Gasteiger partial charge on any atom is 0.261 e. The standard InChI is InChI=1S/C19H23ClN2O5S2/c1-13-3-5-16(20)17(11-13)27-14(2)19(23)21-12-15-4-6-18(28-15)29(24,25)22-7-9-26-10-8-22/h3-6,11,14H,7-10,12H2,1-2H3,(H,21,23). The van der Waals surface area contributed by atoms with Gasteiger partial charge in [-0.1, -0.05) is 17.7 Å². The molecule has 1 aliphatic heterocycles. The highest BCUT2D eigenvalue weighted by Crippen LogP contribution is 2.27. The average molecular weight is 459 g/mol. The van der Waals surface area contributed by atoms with Crippen LogP contribution < -0.4 is 10.1 Å². The molecule has 0 saturated carbocycles. The fourth-order valence-corrected chi connectivity index (χ4v) is 5.79. The Labute approximate surface area is 179 Å². The molecule has 2 aromatic rings. The summed E-state index contributed by atoms with van der Waals surface area (Å²) in [5, 5.41) is 3.21. The molecule has 10 heteroatoms. The Balaban J connectivity index is 1.57. The highest BCUT2D eigenvalue weighted by molar-refractivity contribution is 7.91. The lowest BCUT2D eigenvalue weighted by atomic mass is 10.2. The molecule has 1 aromatic carbocycles. The molecule has 1 atom stereocenters. The number of rotatable bonds is 7. The zero-order valence-electron chi connectivity index (χ0n) is 16.2. The van der Waals surface area contributed by atoms with Crippen molar-refractivity contribution in [2.24, 2.45) is 0 Å². The van der Waals surface area contributed by atoms with Gasteiger partial charge in [-0.05, 0) is 43.7 Å². The minimum atomic E-state index is -3.53. The van der Waals surface area contributed by atoms with Crippen molar-refractivity contribution in [2.45, 2.75) is 30.7 Å². The molecule has 1 saturated heterocycles. The van der Waals surface area contributed by atoms with Crippen LogP contribution in [0.15, 0.2) is 34.5 Å². The zero-order valence-corrected chi connectivity index (χ0v) is 18.6. The summed E-state index contributed by atoms with van der Waals surface area (Å²) in [4.78, 5) is 13.1.